The number of hydrogen-bond acceptors (Lipinski definition) is 7. The van der Waals surface area contributed by atoms with E-state index < -0.39 is 10.0 Å². The summed E-state index contributed by atoms with van der Waals surface area (Å²) in [5, 5.41) is 12.3. The van der Waals surface area contributed by atoms with E-state index in [9.17, 15) is 8.42 Å². The van der Waals surface area contributed by atoms with Crippen LogP contribution in [0, 0.1) is 6.92 Å². The number of aliphatic hydroxyl groups is 1. The molecule has 0 aliphatic rings. The molecule has 8 nitrogen and oxygen atoms in total. The first-order valence-corrected chi connectivity index (χ1v) is 6.84. The molecule has 0 aromatic carbocycles. The minimum absolute atomic E-state index is 0.0803. The molecule has 0 radical (unpaired) electrons. The summed E-state index contributed by atoms with van der Waals surface area (Å²) in [6.07, 6.45) is 1.30. The summed E-state index contributed by atoms with van der Waals surface area (Å²) in [4.78, 5) is 7.64. The third-order valence-electron chi connectivity index (χ3n) is 2.25. The van der Waals surface area contributed by atoms with Gasteiger partial charge in [0.25, 0.3) is 10.0 Å². The fourth-order valence-electron chi connectivity index (χ4n) is 1.31. The predicted octanol–water partition coefficient (Wildman–Crippen LogP) is -0.256. The average molecular weight is 284 g/mol. The molecule has 0 spiro atoms. The molecule has 0 saturated carbocycles. The molecule has 0 unspecified atom stereocenters. The second-order valence-corrected chi connectivity index (χ2v) is 5.43. The molecule has 0 saturated heterocycles. The van der Waals surface area contributed by atoms with Crippen LogP contribution in [0.5, 0.6) is 0 Å². The molecule has 2 aromatic rings. The van der Waals surface area contributed by atoms with Gasteiger partial charge in [-0.15, -0.1) is 0 Å². The topological polar surface area (TPSA) is 118 Å². The average Bonchev–Trinajstić information content (AvgIpc) is 2.82. The number of rotatable bonds is 5. The lowest BCUT2D eigenvalue weighted by Crippen LogP contribution is -2.24. The van der Waals surface area contributed by atoms with Crippen LogP contribution in [-0.2, 0) is 23.2 Å². The fraction of sp³-hybridized carbons (Fsp3) is 0.300. The first kappa shape index (κ1) is 13.6. The van der Waals surface area contributed by atoms with Crippen molar-refractivity contribution in [1.82, 2.24) is 19.8 Å². The Morgan fingerprint density at radius 1 is 1.42 bits per heavy atom. The lowest BCUT2D eigenvalue weighted by atomic mass is 10.3. The Morgan fingerprint density at radius 3 is 2.74 bits per heavy atom. The van der Waals surface area contributed by atoms with E-state index in [0.29, 0.717) is 11.5 Å². The van der Waals surface area contributed by atoms with Crippen molar-refractivity contribution in [1.29, 1.82) is 0 Å². The summed E-state index contributed by atoms with van der Waals surface area (Å²) in [7, 11) is -3.74. The zero-order valence-electron chi connectivity index (χ0n) is 10.1. The van der Waals surface area contributed by atoms with Gasteiger partial charge in [0.15, 0.2) is 10.9 Å². The molecule has 0 amide bonds. The van der Waals surface area contributed by atoms with Gasteiger partial charge < -0.3 is 9.63 Å². The summed E-state index contributed by atoms with van der Waals surface area (Å²) < 4.78 is 30.8. The first-order valence-electron chi connectivity index (χ1n) is 5.36. The molecular formula is C10H12N4O4S. The maximum atomic E-state index is 11.9. The largest absolute Gasteiger partial charge is 0.392 e. The summed E-state index contributed by atoms with van der Waals surface area (Å²) >= 11 is 0. The highest BCUT2D eigenvalue weighted by molar-refractivity contribution is 7.89. The van der Waals surface area contributed by atoms with Crippen LogP contribution in [0.3, 0.4) is 0 Å². The molecule has 0 atom stereocenters. The van der Waals surface area contributed by atoms with Crippen LogP contribution in [-0.4, -0.2) is 28.6 Å². The van der Waals surface area contributed by atoms with E-state index in [-0.39, 0.29) is 24.0 Å². The third-order valence-corrected chi connectivity index (χ3v) is 3.56. The maximum Gasteiger partial charge on any atom is 0.258 e. The Kier molecular flexibility index (Phi) is 3.88. The minimum atomic E-state index is -3.74. The summed E-state index contributed by atoms with van der Waals surface area (Å²) in [6, 6.07) is 2.80. The van der Waals surface area contributed by atoms with Crippen LogP contribution in [0.2, 0.25) is 0 Å². The highest BCUT2D eigenvalue weighted by Gasteiger charge is 2.16. The Balaban J connectivity index is 2.09. The summed E-state index contributed by atoms with van der Waals surface area (Å²) in [5.41, 5.74) is 0.535. The van der Waals surface area contributed by atoms with Gasteiger partial charge in [-0.1, -0.05) is 11.2 Å². The van der Waals surface area contributed by atoms with E-state index in [4.69, 9.17) is 9.63 Å². The van der Waals surface area contributed by atoms with Gasteiger partial charge in [0.1, 0.15) is 0 Å². The van der Waals surface area contributed by atoms with Gasteiger partial charge in [0, 0.05) is 13.1 Å². The van der Waals surface area contributed by atoms with Crippen molar-refractivity contribution in [2.75, 3.05) is 0 Å². The van der Waals surface area contributed by atoms with Crippen LogP contribution >= 0.6 is 0 Å². The van der Waals surface area contributed by atoms with E-state index >= 15 is 0 Å². The molecule has 9 heteroatoms. The van der Waals surface area contributed by atoms with Crippen molar-refractivity contribution < 1.29 is 18.0 Å². The lowest BCUT2D eigenvalue weighted by molar-refractivity contribution is 0.281. The molecule has 19 heavy (non-hydrogen) atoms. The Morgan fingerprint density at radius 2 is 2.21 bits per heavy atom. The molecule has 2 heterocycles. The molecular weight excluding hydrogens is 272 g/mol. The van der Waals surface area contributed by atoms with Crippen molar-refractivity contribution in [2.24, 2.45) is 0 Å². The maximum absolute atomic E-state index is 11.9. The first-order chi connectivity index (χ1) is 9.01. The van der Waals surface area contributed by atoms with E-state index in [1.165, 1.54) is 18.3 Å². The second-order valence-electron chi connectivity index (χ2n) is 3.72. The molecule has 2 N–H and O–H groups in total. The second kappa shape index (κ2) is 5.43. The number of aromatic nitrogens is 3. The summed E-state index contributed by atoms with van der Waals surface area (Å²) in [5.74, 6) is 0.604. The third kappa shape index (κ3) is 3.34. The van der Waals surface area contributed by atoms with Gasteiger partial charge in [-0.05, 0) is 11.6 Å². The van der Waals surface area contributed by atoms with Gasteiger partial charge in [-0.25, -0.2) is 18.1 Å². The molecule has 0 aliphatic carbocycles. The van der Waals surface area contributed by atoms with Crippen molar-refractivity contribution in [3.8, 4) is 0 Å². The van der Waals surface area contributed by atoms with Crippen LogP contribution < -0.4 is 4.72 Å². The molecule has 0 bridgehead atoms. The van der Waals surface area contributed by atoms with Crippen LogP contribution in [0.15, 0.2) is 27.9 Å². The van der Waals surface area contributed by atoms with E-state index in [1.807, 2.05) is 0 Å². The molecule has 2 aromatic heterocycles. The number of aliphatic hydroxyl groups excluding tert-OH is 1. The molecule has 102 valence electrons. The number of nitrogens with zero attached hydrogens (tertiary/aromatic N) is 3. The number of pyridine rings is 1. The zero-order chi connectivity index (χ0) is 13.9. The minimum Gasteiger partial charge on any atom is -0.392 e. The standard InChI is InChI=1S/C10H12N4O4S/c1-7-13-9(14-18-7)5-12-19(16,17)10-3-2-8(6-15)4-11-10/h2-4,12,15H,5-6H2,1H3. The number of sulfonamides is 1. The van der Waals surface area contributed by atoms with Gasteiger partial charge in [0.2, 0.25) is 5.89 Å². The predicted molar refractivity (Wildman–Crippen MR) is 63.2 cm³/mol. The monoisotopic (exact) mass is 284 g/mol. The Hall–Kier alpha value is -1.84. The highest BCUT2D eigenvalue weighted by Crippen LogP contribution is 2.07. The molecule has 0 fully saturated rings. The number of nitrogens with one attached hydrogen (secondary N) is 1. The number of aryl methyl sites for hydroxylation is 1. The van der Waals surface area contributed by atoms with Crippen LogP contribution in [0.25, 0.3) is 0 Å². The van der Waals surface area contributed by atoms with Crippen molar-refractivity contribution in [3.05, 3.63) is 35.6 Å². The Labute approximate surface area is 109 Å². The number of hydrogen-bond donors (Lipinski definition) is 2. The van der Waals surface area contributed by atoms with Gasteiger partial charge >= 0.3 is 0 Å². The van der Waals surface area contributed by atoms with Gasteiger partial charge in [-0.3, -0.25) is 0 Å². The van der Waals surface area contributed by atoms with Crippen molar-refractivity contribution >= 4 is 10.0 Å². The smallest absolute Gasteiger partial charge is 0.258 e. The van der Waals surface area contributed by atoms with E-state index in [0.717, 1.165) is 0 Å². The SMILES string of the molecule is Cc1nc(CNS(=O)(=O)c2ccc(CO)cn2)no1. The van der Waals surface area contributed by atoms with Crippen molar-refractivity contribution in [2.45, 2.75) is 25.1 Å². The lowest BCUT2D eigenvalue weighted by Gasteiger charge is -2.04. The van der Waals surface area contributed by atoms with Gasteiger partial charge in [-0.2, -0.15) is 4.98 Å². The molecule has 0 aliphatic heterocycles. The Bertz CT molecular complexity index is 650. The van der Waals surface area contributed by atoms with Crippen LogP contribution in [0.4, 0.5) is 0 Å². The van der Waals surface area contributed by atoms with E-state index in [1.54, 1.807) is 6.92 Å². The van der Waals surface area contributed by atoms with Crippen molar-refractivity contribution in [3.63, 3.8) is 0 Å². The van der Waals surface area contributed by atoms with E-state index in [2.05, 4.69) is 19.8 Å². The highest BCUT2D eigenvalue weighted by atomic mass is 32.2. The van der Waals surface area contributed by atoms with Crippen LogP contribution in [0.1, 0.15) is 17.3 Å². The quantitative estimate of drug-likeness (QED) is 0.776. The zero-order valence-corrected chi connectivity index (χ0v) is 10.9. The fourth-order valence-corrected chi connectivity index (χ4v) is 2.22. The normalized spacial score (nSPS) is 11.7. The molecule has 2 rings (SSSR count). The van der Waals surface area contributed by atoms with Gasteiger partial charge in [0.05, 0.1) is 13.2 Å². The summed E-state index contributed by atoms with van der Waals surface area (Å²) in [6.45, 7) is 1.34.